The van der Waals surface area contributed by atoms with E-state index in [1.54, 1.807) is 20.8 Å². The fourth-order valence-electron chi connectivity index (χ4n) is 6.64. The third kappa shape index (κ3) is 10.7. The van der Waals surface area contributed by atoms with Crippen LogP contribution >= 0.6 is 0 Å². The van der Waals surface area contributed by atoms with Crippen LogP contribution in [-0.4, -0.2) is 107 Å². The molecule has 3 aliphatic rings. The van der Waals surface area contributed by atoms with Gasteiger partial charge in [-0.1, -0.05) is 53.4 Å². The molecule has 0 radical (unpaired) electrons. The molecule has 3 fully saturated rings. The van der Waals surface area contributed by atoms with Crippen molar-refractivity contribution < 1.29 is 38.3 Å². The van der Waals surface area contributed by atoms with Gasteiger partial charge < -0.3 is 36.2 Å². The Balaban J connectivity index is 1.51. The van der Waals surface area contributed by atoms with Crippen molar-refractivity contribution in [1.29, 1.82) is 0 Å². The predicted octanol–water partition coefficient (Wildman–Crippen LogP) is 1.00. The molecule has 0 spiro atoms. The van der Waals surface area contributed by atoms with Gasteiger partial charge >= 0.3 is 6.09 Å². The molecular formula is C35H52N8O8. The first-order chi connectivity index (χ1) is 24.2. The van der Waals surface area contributed by atoms with Crippen LogP contribution in [-0.2, 0) is 28.7 Å². The number of nitrogens with one attached hydrogen (secondary N) is 5. The Kier molecular flexibility index (Phi) is 13.5. The van der Waals surface area contributed by atoms with Crippen LogP contribution in [0, 0.1) is 17.3 Å². The predicted molar refractivity (Wildman–Crippen MR) is 184 cm³/mol. The monoisotopic (exact) mass is 712 g/mol. The van der Waals surface area contributed by atoms with E-state index in [-0.39, 0.29) is 37.2 Å². The molecule has 5 N–H and O–H groups in total. The summed E-state index contributed by atoms with van der Waals surface area (Å²) in [7, 11) is 1.20. The van der Waals surface area contributed by atoms with E-state index in [1.807, 2.05) is 6.92 Å². The van der Waals surface area contributed by atoms with Crippen LogP contribution in [0.5, 0.6) is 0 Å². The summed E-state index contributed by atoms with van der Waals surface area (Å²) in [4.78, 5) is 102. The molecule has 16 nitrogen and oxygen atoms in total. The van der Waals surface area contributed by atoms with E-state index in [2.05, 4.69) is 36.6 Å². The van der Waals surface area contributed by atoms with Gasteiger partial charge in [0.2, 0.25) is 23.5 Å². The summed E-state index contributed by atoms with van der Waals surface area (Å²) in [6, 6.07) is -4.09. The largest absolute Gasteiger partial charge is 0.453 e. The van der Waals surface area contributed by atoms with Crippen LogP contribution in [0.2, 0.25) is 0 Å². The highest BCUT2D eigenvalue weighted by Gasteiger charge is 2.45. The van der Waals surface area contributed by atoms with Gasteiger partial charge in [-0.3, -0.25) is 33.8 Å². The van der Waals surface area contributed by atoms with Gasteiger partial charge in [-0.15, -0.1) is 0 Å². The first kappa shape index (κ1) is 39.2. The zero-order chi connectivity index (χ0) is 37.3. The Morgan fingerprint density at radius 2 is 1.61 bits per heavy atom. The van der Waals surface area contributed by atoms with E-state index >= 15 is 0 Å². The van der Waals surface area contributed by atoms with Gasteiger partial charge in [0.05, 0.1) is 31.3 Å². The van der Waals surface area contributed by atoms with E-state index in [1.165, 1.54) is 30.6 Å². The second-order valence-electron chi connectivity index (χ2n) is 14.8. The van der Waals surface area contributed by atoms with Gasteiger partial charge in [0, 0.05) is 31.5 Å². The van der Waals surface area contributed by atoms with E-state index in [0.29, 0.717) is 6.42 Å². The maximum atomic E-state index is 14.1. The Hall–Kier alpha value is -4.63. The van der Waals surface area contributed by atoms with Crippen molar-refractivity contribution in [3.63, 3.8) is 0 Å². The third-order valence-electron chi connectivity index (χ3n) is 9.66. The van der Waals surface area contributed by atoms with Crippen molar-refractivity contribution in [2.75, 3.05) is 20.2 Å². The van der Waals surface area contributed by atoms with Crippen molar-refractivity contribution in [2.24, 2.45) is 17.3 Å². The number of hydrogen-bond donors (Lipinski definition) is 5. The number of aromatic nitrogens is 2. The molecule has 1 aliphatic heterocycles. The van der Waals surface area contributed by atoms with Crippen LogP contribution in [0.25, 0.3) is 0 Å². The molecule has 16 heteroatoms. The van der Waals surface area contributed by atoms with E-state index in [9.17, 15) is 33.6 Å². The number of ketones is 1. The second-order valence-corrected chi connectivity index (χ2v) is 14.8. The number of ether oxygens (including phenoxy) is 1. The van der Waals surface area contributed by atoms with Crippen molar-refractivity contribution in [3.8, 4) is 0 Å². The van der Waals surface area contributed by atoms with Gasteiger partial charge in [0.15, 0.2) is 0 Å². The molecule has 1 saturated heterocycles. The minimum Gasteiger partial charge on any atom is -0.453 e. The number of nitrogens with zero attached hydrogens (tertiary/aromatic N) is 3. The fraction of sp³-hybridized carbons (Fsp3) is 0.686. The Morgan fingerprint density at radius 3 is 2.20 bits per heavy atom. The summed E-state index contributed by atoms with van der Waals surface area (Å²) >= 11 is 0. The molecule has 1 aromatic rings. The third-order valence-corrected chi connectivity index (χ3v) is 9.66. The molecule has 5 atom stereocenters. The molecule has 0 unspecified atom stereocenters. The topological polar surface area (TPSA) is 218 Å². The number of amides is 6. The van der Waals surface area contributed by atoms with Crippen LogP contribution in [0.15, 0.2) is 18.6 Å². The number of hydrogen-bond acceptors (Lipinski definition) is 10. The summed E-state index contributed by atoms with van der Waals surface area (Å²) in [6.07, 6.45) is 10.0. The number of rotatable bonds is 14. The van der Waals surface area contributed by atoms with Crippen molar-refractivity contribution in [3.05, 3.63) is 24.3 Å². The zero-order valence-corrected chi connectivity index (χ0v) is 30.2. The van der Waals surface area contributed by atoms with Crippen LogP contribution in [0.1, 0.15) is 96.0 Å². The summed E-state index contributed by atoms with van der Waals surface area (Å²) in [6.45, 7) is 6.96. The highest BCUT2D eigenvalue weighted by atomic mass is 16.5. The number of likely N-dealkylation sites (tertiary alicyclic amines) is 1. The first-order valence-corrected chi connectivity index (χ1v) is 17.9. The standard InChI is InChI=1S/C35H52N8O8/c1-6-10-23(27(44)32(48)38-21-13-14-21)39-29(45)22-18-43(34(50)51-5)19-25(22)40-33(49)28(35(2,3)4)42-31(47)26(20-11-8-7-9-12-20)41-30(46)24-17-36-15-16-37-24/h15-17,20-23,25-26,28H,6-14,18-19H2,1-5H3,(H,38,48)(H,39,45)(H,40,49)(H,41,46)(H,42,47)/t22-,23+,25+,26+,28-/m1/s1. The van der Waals surface area contributed by atoms with Gasteiger partial charge in [-0.05, 0) is 43.4 Å². The fourth-order valence-corrected chi connectivity index (χ4v) is 6.64. The van der Waals surface area contributed by atoms with Gasteiger partial charge in [0.25, 0.3) is 11.8 Å². The Morgan fingerprint density at radius 1 is 0.902 bits per heavy atom. The molecule has 280 valence electrons. The molecular weight excluding hydrogens is 660 g/mol. The Bertz CT molecular complexity index is 1440. The first-order valence-electron chi connectivity index (χ1n) is 17.9. The van der Waals surface area contributed by atoms with E-state index in [4.69, 9.17) is 4.74 Å². The molecule has 2 aliphatic carbocycles. The highest BCUT2D eigenvalue weighted by molar-refractivity contribution is 6.38. The SMILES string of the molecule is CCC[C@H](NC(=O)[C@@H]1CN(C(=O)OC)C[C@@H]1NC(=O)[C@@H](NC(=O)[C@@H](NC(=O)c1cnccn1)C1CCCCC1)C(C)(C)C)C(=O)C(=O)NC1CC1. The lowest BCUT2D eigenvalue weighted by atomic mass is 9.82. The average molecular weight is 713 g/mol. The second kappa shape index (κ2) is 17.5. The van der Waals surface area contributed by atoms with Crippen molar-refractivity contribution in [1.82, 2.24) is 41.5 Å². The quantitative estimate of drug-likeness (QED) is 0.172. The van der Waals surface area contributed by atoms with Crippen molar-refractivity contribution in [2.45, 2.75) is 116 Å². The lowest BCUT2D eigenvalue weighted by molar-refractivity contribution is -0.140. The zero-order valence-electron chi connectivity index (χ0n) is 30.2. The molecule has 0 aromatic carbocycles. The minimum atomic E-state index is -1.11. The Labute approximate surface area is 298 Å². The van der Waals surface area contributed by atoms with Crippen molar-refractivity contribution >= 4 is 41.4 Å². The maximum Gasteiger partial charge on any atom is 0.409 e. The van der Waals surface area contributed by atoms with Gasteiger partial charge in [0.1, 0.15) is 17.8 Å². The smallest absolute Gasteiger partial charge is 0.409 e. The maximum absolute atomic E-state index is 14.1. The number of methoxy groups -OCH3 is 1. The molecule has 6 amide bonds. The summed E-state index contributed by atoms with van der Waals surface area (Å²) < 4.78 is 4.89. The average Bonchev–Trinajstić information content (AvgIpc) is 3.83. The molecule has 2 saturated carbocycles. The van der Waals surface area contributed by atoms with Gasteiger partial charge in [-0.2, -0.15) is 0 Å². The summed E-state index contributed by atoms with van der Waals surface area (Å²) in [5.74, 6) is -4.97. The number of carbonyl (C=O) groups excluding carboxylic acids is 7. The molecule has 51 heavy (non-hydrogen) atoms. The van der Waals surface area contributed by atoms with Gasteiger partial charge in [-0.25, -0.2) is 9.78 Å². The lowest BCUT2D eigenvalue weighted by Crippen LogP contribution is -2.61. The molecule has 0 bridgehead atoms. The van der Waals surface area contributed by atoms with E-state index in [0.717, 1.165) is 44.9 Å². The molecule has 2 heterocycles. The number of carbonyl (C=O) groups is 7. The molecule has 4 rings (SSSR count). The van der Waals surface area contributed by atoms with Crippen LogP contribution in [0.4, 0.5) is 4.79 Å². The van der Waals surface area contributed by atoms with Crippen LogP contribution < -0.4 is 26.6 Å². The summed E-state index contributed by atoms with van der Waals surface area (Å²) in [5, 5.41) is 13.9. The summed E-state index contributed by atoms with van der Waals surface area (Å²) in [5.41, 5.74) is -0.763. The van der Waals surface area contributed by atoms with E-state index < -0.39 is 76.9 Å². The molecule has 1 aromatic heterocycles. The highest BCUT2D eigenvalue weighted by Crippen LogP contribution is 2.28. The minimum absolute atomic E-state index is 0.0360. The lowest BCUT2D eigenvalue weighted by Gasteiger charge is -2.35. The van der Waals surface area contributed by atoms with Crippen LogP contribution in [0.3, 0.4) is 0 Å². The normalized spacial score (nSPS) is 21.0. The number of Topliss-reactive ketones (excluding diaryl/α,β-unsaturated/α-hetero) is 1.